The van der Waals surface area contributed by atoms with Crippen molar-refractivity contribution in [2.45, 2.75) is 51.2 Å². The van der Waals surface area contributed by atoms with E-state index in [1.165, 1.54) is 4.90 Å². The van der Waals surface area contributed by atoms with Crippen molar-refractivity contribution < 1.29 is 14.3 Å². The standard InChI is InChI=1S/C23H25BrCl2N2O3/c1-15(23(30)27-18-7-3-4-8-18)28(13-16-6-2-5-9-19(16)25)22(29)14-31-21-11-10-17(24)12-20(21)26/h2,5-6,9-12,15,18H,3-4,7-8,13-14H2,1H3,(H,27,30)/t15-/m0/s1. The normalized spacial score (nSPS) is 14.8. The Morgan fingerprint density at radius 2 is 1.87 bits per heavy atom. The van der Waals surface area contributed by atoms with Gasteiger partial charge >= 0.3 is 0 Å². The van der Waals surface area contributed by atoms with Crippen molar-refractivity contribution in [3.8, 4) is 5.75 Å². The van der Waals surface area contributed by atoms with Gasteiger partial charge in [-0.25, -0.2) is 0 Å². The Bertz CT molecular complexity index is 935. The molecule has 1 fully saturated rings. The Labute approximate surface area is 201 Å². The monoisotopic (exact) mass is 526 g/mol. The molecule has 1 aliphatic carbocycles. The van der Waals surface area contributed by atoms with Crippen LogP contribution >= 0.6 is 39.1 Å². The van der Waals surface area contributed by atoms with E-state index in [4.69, 9.17) is 27.9 Å². The molecule has 1 N–H and O–H groups in total. The molecule has 31 heavy (non-hydrogen) atoms. The largest absolute Gasteiger partial charge is 0.482 e. The lowest BCUT2D eigenvalue weighted by Crippen LogP contribution is -2.50. The average Bonchev–Trinajstić information content (AvgIpc) is 3.25. The van der Waals surface area contributed by atoms with Crippen LogP contribution in [0.2, 0.25) is 10.0 Å². The number of nitrogens with one attached hydrogen (secondary N) is 1. The third kappa shape index (κ3) is 6.61. The van der Waals surface area contributed by atoms with Crippen molar-refractivity contribution >= 4 is 50.9 Å². The van der Waals surface area contributed by atoms with E-state index in [1.54, 1.807) is 31.2 Å². The van der Waals surface area contributed by atoms with Gasteiger partial charge in [-0.3, -0.25) is 9.59 Å². The highest BCUT2D eigenvalue weighted by Crippen LogP contribution is 2.28. The molecule has 2 amide bonds. The van der Waals surface area contributed by atoms with E-state index < -0.39 is 6.04 Å². The van der Waals surface area contributed by atoms with Crippen molar-refractivity contribution in [2.24, 2.45) is 0 Å². The second-order valence-corrected chi connectivity index (χ2v) is 9.37. The number of ether oxygens (including phenoxy) is 1. The minimum absolute atomic E-state index is 0.171. The van der Waals surface area contributed by atoms with Crippen LogP contribution in [-0.2, 0) is 16.1 Å². The molecule has 166 valence electrons. The third-order valence-electron chi connectivity index (χ3n) is 5.41. The molecule has 3 rings (SSSR count). The molecule has 0 aliphatic heterocycles. The predicted molar refractivity (Wildman–Crippen MR) is 127 cm³/mol. The summed E-state index contributed by atoms with van der Waals surface area (Å²) in [7, 11) is 0. The first-order chi connectivity index (χ1) is 14.8. The van der Waals surface area contributed by atoms with Gasteiger partial charge in [0.15, 0.2) is 6.61 Å². The molecule has 0 aromatic heterocycles. The molecule has 0 saturated heterocycles. The molecular weight excluding hydrogens is 503 g/mol. The summed E-state index contributed by atoms with van der Waals surface area (Å²) < 4.78 is 6.47. The average molecular weight is 528 g/mol. The number of hydrogen-bond acceptors (Lipinski definition) is 3. The first kappa shape index (κ1) is 23.9. The van der Waals surface area contributed by atoms with Gasteiger partial charge in [-0.05, 0) is 49.6 Å². The molecule has 1 saturated carbocycles. The summed E-state index contributed by atoms with van der Waals surface area (Å²) in [5.74, 6) is -0.0964. The zero-order chi connectivity index (χ0) is 22.4. The van der Waals surface area contributed by atoms with Gasteiger partial charge in [0.05, 0.1) is 5.02 Å². The lowest BCUT2D eigenvalue weighted by atomic mass is 10.1. The van der Waals surface area contributed by atoms with E-state index in [2.05, 4.69) is 21.2 Å². The summed E-state index contributed by atoms with van der Waals surface area (Å²) in [6.45, 7) is 1.69. The zero-order valence-corrected chi connectivity index (χ0v) is 20.3. The molecule has 0 unspecified atom stereocenters. The van der Waals surface area contributed by atoms with Gasteiger partial charge in [-0.15, -0.1) is 0 Å². The highest BCUT2D eigenvalue weighted by Gasteiger charge is 2.29. The number of halogens is 3. The van der Waals surface area contributed by atoms with Crippen LogP contribution in [0.5, 0.6) is 5.75 Å². The number of nitrogens with zero attached hydrogens (tertiary/aromatic N) is 1. The van der Waals surface area contributed by atoms with Crippen LogP contribution in [0.3, 0.4) is 0 Å². The Balaban J connectivity index is 1.74. The SMILES string of the molecule is C[C@@H](C(=O)NC1CCCC1)N(Cc1ccccc1Cl)C(=O)COc1ccc(Br)cc1Cl. The Hall–Kier alpha value is -1.76. The second-order valence-electron chi connectivity index (χ2n) is 7.64. The lowest BCUT2D eigenvalue weighted by Gasteiger charge is -2.30. The summed E-state index contributed by atoms with van der Waals surface area (Å²) in [6, 6.07) is 12.0. The molecule has 8 heteroatoms. The fourth-order valence-electron chi connectivity index (χ4n) is 3.60. The van der Waals surface area contributed by atoms with Crippen LogP contribution in [0.4, 0.5) is 0 Å². The molecule has 0 spiro atoms. The minimum atomic E-state index is -0.673. The fraction of sp³-hybridized carbons (Fsp3) is 0.391. The van der Waals surface area contributed by atoms with Crippen molar-refractivity contribution in [2.75, 3.05) is 6.61 Å². The summed E-state index contributed by atoms with van der Waals surface area (Å²) in [5, 5.41) is 4.01. The Morgan fingerprint density at radius 1 is 1.16 bits per heavy atom. The van der Waals surface area contributed by atoms with E-state index in [1.807, 2.05) is 18.2 Å². The topological polar surface area (TPSA) is 58.6 Å². The van der Waals surface area contributed by atoms with Crippen LogP contribution in [0.15, 0.2) is 46.9 Å². The summed E-state index contributed by atoms with van der Waals surface area (Å²) in [6.07, 6.45) is 4.18. The summed E-state index contributed by atoms with van der Waals surface area (Å²) in [4.78, 5) is 27.5. The zero-order valence-electron chi connectivity index (χ0n) is 17.2. The summed E-state index contributed by atoms with van der Waals surface area (Å²) in [5.41, 5.74) is 0.764. The second kappa shape index (κ2) is 11.2. The summed E-state index contributed by atoms with van der Waals surface area (Å²) >= 11 is 15.8. The van der Waals surface area contributed by atoms with Crippen LogP contribution < -0.4 is 10.1 Å². The number of carbonyl (C=O) groups excluding carboxylic acids is 2. The van der Waals surface area contributed by atoms with E-state index in [0.29, 0.717) is 15.8 Å². The van der Waals surface area contributed by atoms with E-state index in [-0.39, 0.29) is 31.0 Å². The van der Waals surface area contributed by atoms with Crippen molar-refractivity contribution in [1.29, 1.82) is 0 Å². The number of hydrogen-bond donors (Lipinski definition) is 1. The smallest absolute Gasteiger partial charge is 0.261 e. The van der Waals surface area contributed by atoms with Crippen molar-refractivity contribution in [3.05, 3.63) is 62.5 Å². The highest BCUT2D eigenvalue weighted by molar-refractivity contribution is 9.10. The van der Waals surface area contributed by atoms with Crippen molar-refractivity contribution in [1.82, 2.24) is 10.2 Å². The van der Waals surface area contributed by atoms with E-state index in [9.17, 15) is 9.59 Å². The van der Waals surface area contributed by atoms with Gasteiger partial charge in [0, 0.05) is 22.1 Å². The van der Waals surface area contributed by atoms with Crippen LogP contribution in [0, 0.1) is 0 Å². The van der Waals surface area contributed by atoms with Gasteiger partial charge in [0.25, 0.3) is 5.91 Å². The van der Waals surface area contributed by atoms with Gasteiger partial charge in [0.2, 0.25) is 5.91 Å². The Morgan fingerprint density at radius 3 is 2.55 bits per heavy atom. The fourth-order valence-corrected chi connectivity index (χ4v) is 4.52. The van der Waals surface area contributed by atoms with Crippen LogP contribution in [0.25, 0.3) is 0 Å². The van der Waals surface area contributed by atoms with E-state index >= 15 is 0 Å². The van der Waals surface area contributed by atoms with Crippen LogP contribution in [0.1, 0.15) is 38.2 Å². The molecule has 1 atom stereocenters. The number of benzene rings is 2. The molecule has 0 heterocycles. The Kier molecular flexibility index (Phi) is 8.64. The molecular formula is C23H25BrCl2N2O3. The van der Waals surface area contributed by atoms with Crippen molar-refractivity contribution in [3.63, 3.8) is 0 Å². The van der Waals surface area contributed by atoms with Gasteiger partial charge in [-0.1, -0.05) is 70.2 Å². The van der Waals surface area contributed by atoms with Gasteiger partial charge < -0.3 is 15.0 Å². The lowest BCUT2D eigenvalue weighted by molar-refractivity contribution is -0.142. The first-order valence-electron chi connectivity index (χ1n) is 10.3. The first-order valence-corrected chi connectivity index (χ1v) is 11.8. The quantitative estimate of drug-likeness (QED) is 0.485. The molecule has 2 aromatic rings. The molecule has 2 aromatic carbocycles. The maximum absolute atomic E-state index is 13.1. The minimum Gasteiger partial charge on any atom is -0.482 e. The third-order valence-corrected chi connectivity index (χ3v) is 6.57. The maximum atomic E-state index is 13.1. The number of carbonyl (C=O) groups is 2. The van der Waals surface area contributed by atoms with Crippen LogP contribution in [-0.4, -0.2) is 35.4 Å². The molecule has 1 aliphatic rings. The van der Waals surface area contributed by atoms with E-state index in [0.717, 1.165) is 35.7 Å². The molecule has 0 radical (unpaired) electrons. The number of amides is 2. The number of rotatable bonds is 8. The van der Waals surface area contributed by atoms with Gasteiger partial charge in [-0.2, -0.15) is 0 Å². The predicted octanol–water partition coefficient (Wildman–Crippen LogP) is 5.61. The molecule has 0 bridgehead atoms. The van der Waals surface area contributed by atoms with Gasteiger partial charge in [0.1, 0.15) is 11.8 Å². The molecule has 5 nitrogen and oxygen atoms in total. The highest BCUT2D eigenvalue weighted by atomic mass is 79.9. The maximum Gasteiger partial charge on any atom is 0.261 e.